The van der Waals surface area contributed by atoms with Gasteiger partial charge in [-0.15, -0.1) is 0 Å². The second kappa shape index (κ2) is 12.9. The summed E-state index contributed by atoms with van der Waals surface area (Å²) >= 11 is 0. The molecule has 0 radical (unpaired) electrons. The van der Waals surface area contributed by atoms with Gasteiger partial charge in [0.2, 0.25) is 5.91 Å². The number of piperazine rings is 1. The van der Waals surface area contributed by atoms with Gasteiger partial charge in [0.15, 0.2) is 0 Å². The van der Waals surface area contributed by atoms with Gasteiger partial charge in [-0.1, -0.05) is 32.0 Å². The SMILES string of the molecule is C.Cc1ccc(N2CCN(C(C)C(C)C(=O)N3CCC(Nc4ccc([N+](=O)[O-])c(C(F)(F)F)c4)CC3)CC2)cc1. The molecule has 0 aromatic heterocycles. The molecule has 2 aliphatic rings. The lowest BCUT2D eigenvalue weighted by Gasteiger charge is -2.42. The molecule has 8 nitrogen and oxygen atoms in total. The maximum absolute atomic E-state index is 13.3. The van der Waals surface area contributed by atoms with Crippen LogP contribution in [0.15, 0.2) is 42.5 Å². The van der Waals surface area contributed by atoms with Gasteiger partial charge in [-0.3, -0.25) is 19.8 Å². The Hall–Kier alpha value is -3.34. The Bertz CT molecular complexity index is 1160. The molecule has 0 spiro atoms. The Morgan fingerprint density at radius 2 is 1.60 bits per heavy atom. The van der Waals surface area contributed by atoms with Gasteiger partial charge in [0, 0.05) is 68.8 Å². The Morgan fingerprint density at radius 1 is 1.00 bits per heavy atom. The second-order valence-electron chi connectivity index (χ2n) is 10.6. The lowest BCUT2D eigenvalue weighted by atomic mass is 9.97. The fourth-order valence-corrected chi connectivity index (χ4v) is 5.45. The smallest absolute Gasteiger partial charge is 0.382 e. The highest BCUT2D eigenvalue weighted by Gasteiger charge is 2.39. The molecule has 2 fully saturated rings. The molecular formula is C29H40F3N5O3. The molecule has 2 atom stereocenters. The third-order valence-corrected chi connectivity index (χ3v) is 8.08. The Balaban J connectivity index is 0.00000441. The van der Waals surface area contributed by atoms with E-state index in [1.165, 1.54) is 17.3 Å². The van der Waals surface area contributed by atoms with Gasteiger partial charge < -0.3 is 15.1 Å². The van der Waals surface area contributed by atoms with E-state index in [2.05, 4.69) is 53.2 Å². The first kappa shape index (κ1) is 31.2. The number of piperidine rings is 1. The van der Waals surface area contributed by atoms with E-state index in [1.54, 1.807) is 0 Å². The van der Waals surface area contributed by atoms with Crippen LogP contribution in [0.1, 0.15) is 45.2 Å². The molecule has 40 heavy (non-hydrogen) atoms. The number of hydrogen-bond acceptors (Lipinski definition) is 6. The topological polar surface area (TPSA) is 82.0 Å². The number of nitro benzene ring substituents is 1. The van der Waals surface area contributed by atoms with Crippen LogP contribution in [0.25, 0.3) is 0 Å². The highest BCUT2D eigenvalue weighted by Crippen LogP contribution is 2.38. The molecule has 2 saturated heterocycles. The monoisotopic (exact) mass is 563 g/mol. The van der Waals surface area contributed by atoms with E-state index in [1.807, 2.05) is 11.8 Å². The van der Waals surface area contributed by atoms with Crippen molar-refractivity contribution >= 4 is 23.0 Å². The van der Waals surface area contributed by atoms with Crippen molar-refractivity contribution in [2.75, 3.05) is 49.5 Å². The fourth-order valence-electron chi connectivity index (χ4n) is 5.45. The van der Waals surface area contributed by atoms with Gasteiger partial charge in [-0.2, -0.15) is 13.2 Å². The molecule has 0 aliphatic carbocycles. The van der Waals surface area contributed by atoms with E-state index in [0.717, 1.165) is 38.3 Å². The summed E-state index contributed by atoms with van der Waals surface area (Å²) < 4.78 is 39.9. The second-order valence-corrected chi connectivity index (χ2v) is 10.6. The number of carbonyl (C=O) groups excluding carboxylic acids is 1. The van der Waals surface area contributed by atoms with E-state index in [-0.39, 0.29) is 37.0 Å². The summed E-state index contributed by atoms with van der Waals surface area (Å²) in [5.41, 5.74) is 0.405. The standard InChI is InChI=1S/C28H36F3N5O3.CH4/c1-19-4-7-24(8-5-19)34-16-14-33(15-17-34)21(3)20(2)27(37)35-12-10-22(11-13-35)32-23-6-9-26(36(38)39)25(18-23)28(29,30)31;/h4-9,18,20-22,32H,10-17H2,1-3H3;1H4. The number of halogens is 3. The third-order valence-electron chi connectivity index (χ3n) is 8.08. The highest BCUT2D eigenvalue weighted by atomic mass is 19.4. The molecule has 220 valence electrons. The number of hydrogen-bond donors (Lipinski definition) is 1. The van der Waals surface area contributed by atoms with Crippen LogP contribution in [0.3, 0.4) is 0 Å². The van der Waals surface area contributed by atoms with Crippen molar-refractivity contribution in [2.24, 2.45) is 5.92 Å². The minimum absolute atomic E-state index is 0. The highest BCUT2D eigenvalue weighted by molar-refractivity contribution is 5.79. The molecule has 1 N–H and O–H groups in total. The number of likely N-dealkylation sites (tertiary alicyclic amines) is 1. The number of amides is 1. The van der Waals surface area contributed by atoms with E-state index in [0.29, 0.717) is 25.9 Å². The molecule has 0 bridgehead atoms. The quantitative estimate of drug-likeness (QED) is 0.338. The number of aryl methyl sites for hydroxylation is 1. The normalized spacial score (nSPS) is 18.6. The number of carbonyl (C=O) groups is 1. The van der Waals surface area contributed by atoms with Crippen molar-refractivity contribution in [3.05, 3.63) is 63.7 Å². The van der Waals surface area contributed by atoms with Crippen LogP contribution in [0.4, 0.5) is 30.2 Å². The molecule has 2 aliphatic heterocycles. The predicted octanol–water partition coefficient (Wildman–Crippen LogP) is 5.81. The number of nitrogens with one attached hydrogen (secondary N) is 1. The minimum Gasteiger partial charge on any atom is -0.382 e. The van der Waals surface area contributed by atoms with Gasteiger partial charge in [0.25, 0.3) is 5.69 Å². The summed E-state index contributed by atoms with van der Waals surface area (Å²) in [7, 11) is 0. The summed E-state index contributed by atoms with van der Waals surface area (Å²) in [5, 5.41) is 14.1. The predicted molar refractivity (Wildman–Crippen MR) is 152 cm³/mol. The average molecular weight is 564 g/mol. The Morgan fingerprint density at radius 3 is 2.15 bits per heavy atom. The zero-order valence-corrected chi connectivity index (χ0v) is 22.6. The summed E-state index contributed by atoms with van der Waals surface area (Å²) in [4.78, 5) is 29.9. The van der Waals surface area contributed by atoms with E-state index < -0.39 is 22.4 Å². The van der Waals surface area contributed by atoms with E-state index in [9.17, 15) is 28.1 Å². The van der Waals surface area contributed by atoms with E-state index in [4.69, 9.17) is 0 Å². The molecular weight excluding hydrogens is 523 g/mol. The lowest BCUT2D eigenvalue weighted by Crippen LogP contribution is -2.54. The molecule has 2 heterocycles. The van der Waals surface area contributed by atoms with Crippen molar-refractivity contribution in [3.63, 3.8) is 0 Å². The van der Waals surface area contributed by atoms with Crippen molar-refractivity contribution in [1.29, 1.82) is 0 Å². The number of nitrogens with zero attached hydrogens (tertiary/aromatic N) is 4. The molecule has 0 saturated carbocycles. The van der Waals surface area contributed by atoms with Crippen LogP contribution in [0, 0.1) is 23.0 Å². The first-order valence-electron chi connectivity index (χ1n) is 13.4. The van der Waals surface area contributed by atoms with Crippen molar-refractivity contribution < 1.29 is 22.9 Å². The summed E-state index contributed by atoms with van der Waals surface area (Å²) in [6.45, 7) is 10.7. The van der Waals surface area contributed by atoms with Crippen LogP contribution in [0.2, 0.25) is 0 Å². The molecule has 2 unspecified atom stereocenters. The van der Waals surface area contributed by atoms with Crippen LogP contribution in [0.5, 0.6) is 0 Å². The minimum atomic E-state index is -4.82. The van der Waals surface area contributed by atoms with Crippen LogP contribution < -0.4 is 10.2 Å². The van der Waals surface area contributed by atoms with Gasteiger partial charge >= 0.3 is 6.18 Å². The lowest BCUT2D eigenvalue weighted by molar-refractivity contribution is -0.388. The molecule has 1 amide bonds. The van der Waals surface area contributed by atoms with Crippen molar-refractivity contribution in [1.82, 2.24) is 9.80 Å². The van der Waals surface area contributed by atoms with Gasteiger partial charge in [-0.25, -0.2) is 0 Å². The van der Waals surface area contributed by atoms with Crippen molar-refractivity contribution in [2.45, 2.75) is 59.3 Å². The Labute approximate surface area is 234 Å². The van der Waals surface area contributed by atoms with E-state index >= 15 is 0 Å². The fraction of sp³-hybridized carbons (Fsp3) is 0.552. The average Bonchev–Trinajstić information content (AvgIpc) is 2.92. The van der Waals surface area contributed by atoms with Crippen LogP contribution in [-0.4, -0.2) is 72.0 Å². The number of anilines is 2. The zero-order valence-electron chi connectivity index (χ0n) is 22.6. The van der Waals surface area contributed by atoms with Gasteiger partial charge in [0.05, 0.1) is 10.8 Å². The summed E-state index contributed by atoms with van der Waals surface area (Å²) in [5.74, 6) is -0.0824. The molecule has 4 rings (SSSR count). The zero-order chi connectivity index (χ0) is 28.3. The summed E-state index contributed by atoms with van der Waals surface area (Å²) in [6.07, 6.45) is -3.66. The van der Waals surface area contributed by atoms with Gasteiger partial charge in [-0.05, 0) is 51.0 Å². The van der Waals surface area contributed by atoms with Crippen molar-refractivity contribution in [3.8, 4) is 0 Å². The first-order valence-corrected chi connectivity index (χ1v) is 13.4. The summed E-state index contributed by atoms with van der Waals surface area (Å²) in [6, 6.07) is 11.5. The molecule has 11 heteroatoms. The molecule has 2 aromatic carbocycles. The molecule has 2 aromatic rings. The maximum Gasteiger partial charge on any atom is 0.423 e. The third kappa shape index (κ3) is 7.24. The number of benzene rings is 2. The van der Waals surface area contributed by atoms with Crippen LogP contribution in [-0.2, 0) is 11.0 Å². The number of nitro groups is 1. The maximum atomic E-state index is 13.3. The number of alkyl halides is 3. The van der Waals surface area contributed by atoms with Crippen LogP contribution >= 0.6 is 0 Å². The largest absolute Gasteiger partial charge is 0.423 e. The first-order chi connectivity index (χ1) is 18.4. The number of rotatable bonds is 7. The Kier molecular flexibility index (Phi) is 10.0. The van der Waals surface area contributed by atoms with Gasteiger partial charge in [0.1, 0.15) is 5.56 Å².